The summed E-state index contributed by atoms with van der Waals surface area (Å²) < 4.78 is 1.53. The number of carbonyl (C=O) groups is 1. The molecule has 124 valence electrons. The van der Waals surface area contributed by atoms with E-state index in [-0.39, 0.29) is 12.4 Å². The van der Waals surface area contributed by atoms with Gasteiger partial charge in [-0.05, 0) is 49.2 Å². The fraction of sp³-hybridized carbons (Fsp3) is 0.176. The van der Waals surface area contributed by atoms with Gasteiger partial charge in [0.15, 0.2) is 6.29 Å². The van der Waals surface area contributed by atoms with Crippen molar-refractivity contribution in [3.05, 3.63) is 53.3 Å². The van der Waals surface area contributed by atoms with Crippen LogP contribution < -0.4 is 5.32 Å². The van der Waals surface area contributed by atoms with Crippen molar-refractivity contribution in [1.29, 1.82) is 0 Å². The van der Waals surface area contributed by atoms with E-state index in [0.717, 1.165) is 12.0 Å². The van der Waals surface area contributed by atoms with Crippen LogP contribution in [0, 0.1) is 13.8 Å². The normalized spacial score (nSPS) is 10.1. The second-order valence-corrected chi connectivity index (χ2v) is 5.46. The minimum Gasteiger partial charge on any atom is -0.324 e. The quantitative estimate of drug-likeness (QED) is 0.734. The molecule has 2 aromatic heterocycles. The third-order valence-corrected chi connectivity index (χ3v) is 3.43. The van der Waals surface area contributed by atoms with Crippen molar-refractivity contribution in [2.45, 2.75) is 13.8 Å². The number of nitrogens with zero attached hydrogens (tertiary/aromatic N) is 4. The van der Waals surface area contributed by atoms with Crippen LogP contribution >= 0.6 is 12.4 Å². The molecule has 1 N–H and O–H groups in total. The van der Waals surface area contributed by atoms with Gasteiger partial charge in [0.1, 0.15) is 11.4 Å². The summed E-state index contributed by atoms with van der Waals surface area (Å²) in [6.07, 6.45) is 2.44. The molecule has 24 heavy (non-hydrogen) atoms. The molecular formula is C17H18ClN5O. The molecule has 3 aromatic rings. The van der Waals surface area contributed by atoms with Crippen LogP contribution in [0.2, 0.25) is 0 Å². The first-order valence-electron chi connectivity index (χ1n) is 7.23. The van der Waals surface area contributed by atoms with Crippen molar-refractivity contribution >= 4 is 30.3 Å². The Hall–Kier alpha value is -2.73. The van der Waals surface area contributed by atoms with Gasteiger partial charge in [0.25, 0.3) is 0 Å². The predicted molar refractivity (Wildman–Crippen MR) is 96.1 cm³/mol. The lowest BCUT2D eigenvalue weighted by Crippen LogP contribution is -1.99. The van der Waals surface area contributed by atoms with E-state index < -0.39 is 0 Å². The van der Waals surface area contributed by atoms with Gasteiger partial charge >= 0.3 is 0 Å². The van der Waals surface area contributed by atoms with E-state index in [4.69, 9.17) is 0 Å². The molecule has 1 aromatic carbocycles. The standard InChI is InChI=1S/C17H17N5O.ClH/c1-11-6-12(2)8-13(7-11)19-17-18-5-4-15(20-17)16-9-14(10-23)22(3)21-16;/h4-10H,1-3H3,(H,18,19,20);1H. The van der Waals surface area contributed by atoms with E-state index in [1.165, 1.54) is 15.8 Å². The number of anilines is 2. The molecule has 0 aliphatic heterocycles. The van der Waals surface area contributed by atoms with E-state index in [1.807, 2.05) is 26.0 Å². The predicted octanol–water partition coefficient (Wildman–Crippen LogP) is 3.47. The number of hydrogen-bond acceptors (Lipinski definition) is 5. The summed E-state index contributed by atoms with van der Waals surface area (Å²) in [7, 11) is 1.73. The second-order valence-electron chi connectivity index (χ2n) is 5.46. The maximum atomic E-state index is 10.9. The Labute approximate surface area is 146 Å². The summed E-state index contributed by atoms with van der Waals surface area (Å²) in [5.74, 6) is 0.491. The Balaban J connectivity index is 0.00000208. The zero-order chi connectivity index (χ0) is 16.4. The molecule has 0 bridgehead atoms. The van der Waals surface area contributed by atoms with Crippen LogP contribution in [-0.2, 0) is 7.05 Å². The van der Waals surface area contributed by atoms with E-state index in [0.29, 0.717) is 23.0 Å². The molecule has 2 heterocycles. The SMILES string of the molecule is Cc1cc(C)cc(Nc2nccc(-c3cc(C=O)n(C)n3)n2)c1.Cl. The zero-order valence-electron chi connectivity index (χ0n) is 13.6. The zero-order valence-corrected chi connectivity index (χ0v) is 14.5. The Bertz CT molecular complexity index is 855. The molecule has 7 heteroatoms. The van der Waals surface area contributed by atoms with Gasteiger partial charge in [-0.15, -0.1) is 12.4 Å². The van der Waals surface area contributed by atoms with Crippen LogP contribution in [0.1, 0.15) is 21.6 Å². The highest BCUT2D eigenvalue weighted by molar-refractivity contribution is 5.85. The molecule has 0 spiro atoms. The fourth-order valence-corrected chi connectivity index (χ4v) is 2.45. The van der Waals surface area contributed by atoms with Crippen molar-refractivity contribution in [3.8, 4) is 11.4 Å². The molecule has 0 atom stereocenters. The average Bonchev–Trinajstić information content (AvgIpc) is 2.87. The maximum Gasteiger partial charge on any atom is 0.227 e. The monoisotopic (exact) mass is 343 g/mol. The van der Waals surface area contributed by atoms with E-state index in [2.05, 4.69) is 26.4 Å². The molecule has 6 nitrogen and oxygen atoms in total. The largest absolute Gasteiger partial charge is 0.324 e. The molecule has 0 unspecified atom stereocenters. The smallest absolute Gasteiger partial charge is 0.227 e. The number of nitrogens with one attached hydrogen (secondary N) is 1. The maximum absolute atomic E-state index is 10.9. The summed E-state index contributed by atoms with van der Waals surface area (Å²) in [6.45, 7) is 4.09. The molecule has 3 rings (SSSR count). The number of aromatic nitrogens is 4. The average molecular weight is 344 g/mol. The summed E-state index contributed by atoms with van der Waals surface area (Å²) in [5, 5.41) is 7.50. The molecule has 0 saturated carbocycles. The Morgan fingerprint density at radius 3 is 2.42 bits per heavy atom. The van der Waals surface area contributed by atoms with E-state index in [1.54, 1.807) is 25.4 Å². The Kier molecular flexibility index (Phi) is 5.31. The van der Waals surface area contributed by atoms with E-state index in [9.17, 15) is 4.79 Å². The Morgan fingerprint density at radius 2 is 1.79 bits per heavy atom. The van der Waals surface area contributed by atoms with Crippen LogP contribution in [-0.4, -0.2) is 26.0 Å². The summed E-state index contributed by atoms with van der Waals surface area (Å²) in [4.78, 5) is 19.7. The number of aryl methyl sites for hydroxylation is 3. The van der Waals surface area contributed by atoms with Crippen molar-refractivity contribution in [3.63, 3.8) is 0 Å². The van der Waals surface area contributed by atoms with Gasteiger partial charge in [0.05, 0.1) is 5.69 Å². The number of rotatable bonds is 4. The highest BCUT2D eigenvalue weighted by Crippen LogP contribution is 2.20. The third kappa shape index (κ3) is 3.78. The minimum atomic E-state index is 0. The van der Waals surface area contributed by atoms with Gasteiger partial charge in [-0.2, -0.15) is 5.10 Å². The number of halogens is 1. The molecule has 0 fully saturated rings. The van der Waals surface area contributed by atoms with Gasteiger partial charge in [0, 0.05) is 18.9 Å². The second kappa shape index (κ2) is 7.23. The summed E-state index contributed by atoms with van der Waals surface area (Å²) >= 11 is 0. The highest BCUT2D eigenvalue weighted by Gasteiger charge is 2.09. The van der Waals surface area contributed by atoms with Gasteiger partial charge in [0.2, 0.25) is 5.95 Å². The van der Waals surface area contributed by atoms with Crippen molar-refractivity contribution < 1.29 is 4.79 Å². The molecule has 0 aliphatic rings. The molecule has 0 radical (unpaired) electrons. The minimum absolute atomic E-state index is 0. The lowest BCUT2D eigenvalue weighted by molar-refractivity contribution is 0.111. The van der Waals surface area contributed by atoms with Gasteiger partial charge < -0.3 is 5.32 Å². The first-order valence-corrected chi connectivity index (χ1v) is 7.23. The number of benzene rings is 1. The highest BCUT2D eigenvalue weighted by atomic mass is 35.5. The van der Waals surface area contributed by atoms with Gasteiger partial charge in [-0.25, -0.2) is 9.97 Å². The van der Waals surface area contributed by atoms with Crippen LogP contribution in [0.15, 0.2) is 36.5 Å². The van der Waals surface area contributed by atoms with E-state index >= 15 is 0 Å². The molecule has 0 amide bonds. The van der Waals surface area contributed by atoms with Crippen LogP contribution in [0.5, 0.6) is 0 Å². The van der Waals surface area contributed by atoms with Crippen LogP contribution in [0.3, 0.4) is 0 Å². The van der Waals surface area contributed by atoms with Crippen LogP contribution in [0.4, 0.5) is 11.6 Å². The first-order chi connectivity index (χ1) is 11.0. The molecule has 0 aliphatic carbocycles. The number of aldehydes is 1. The Morgan fingerprint density at radius 1 is 1.08 bits per heavy atom. The van der Waals surface area contributed by atoms with Crippen molar-refractivity contribution in [2.75, 3.05) is 5.32 Å². The third-order valence-electron chi connectivity index (χ3n) is 3.43. The number of hydrogen-bond donors (Lipinski definition) is 1. The fourth-order valence-electron chi connectivity index (χ4n) is 2.45. The van der Waals surface area contributed by atoms with Crippen molar-refractivity contribution in [1.82, 2.24) is 19.7 Å². The summed E-state index contributed by atoms with van der Waals surface area (Å²) in [5.41, 5.74) is 5.08. The number of carbonyl (C=O) groups excluding carboxylic acids is 1. The van der Waals surface area contributed by atoms with Crippen LogP contribution in [0.25, 0.3) is 11.4 Å². The lowest BCUT2D eigenvalue weighted by atomic mass is 10.1. The van der Waals surface area contributed by atoms with Gasteiger partial charge in [-0.1, -0.05) is 6.07 Å². The topological polar surface area (TPSA) is 72.7 Å². The molecule has 0 saturated heterocycles. The lowest BCUT2D eigenvalue weighted by Gasteiger charge is -2.07. The molecular weight excluding hydrogens is 326 g/mol. The summed E-state index contributed by atoms with van der Waals surface area (Å²) in [6, 6.07) is 9.65. The van der Waals surface area contributed by atoms with Crippen molar-refractivity contribution in [2.24, 2.45) is 7.05 Å². The van der Waals surface area contributed by atoms with Gasteiger partial charge in [-0.3, -0.25) is 9.48 Å². The first kappa shape index (κ1) is 17.6.